The Morgan fingerprint density at radius 2 is 2.08 bits per heavy atom. The molecule has 0 saturated carbocycles. The topological polar surface area (TPSA) is 74.6 Å². The Kier molecular flexibility index (Phi) is 10.0. The summed E-state index contributed by atoms with van der Waals surface area (Å²) in [5.74, 6) is -0.647. The summed E-state index contributed by atoms with van der Waals surface area (Å²) in [6, 6.07) is 0. The predicted octanol–water partition coefficient (Wildman–Crippen LogP) is 4.20. The molecule has 4 nitrogen and oxygen atoms in total. The van der Waals surface area contributed by atoms with Crippen LogP contribution in [0.5, 0.6) is 0 Å². The van der Waals surface area contributed by atoms with Crippen molar-refractivity contribution in [3.8, 4) is 0 Å². The summed E-state index contributed by atoms with van der Waals surface area (Å²) in [6.45, 7) is 2.14. The second kappa shape index (κ2) is 11.8. The Morgan fingerprint density at radius 3 is 2.79 bits per heavy atom. The van der Waals surface area contributed by atoms with Gasteiger partial charge >= 0.3 is 5.97 Å². The fraction of sp³-hybridized carbons (Fsp3) is 0.600. The molecule has 0 aromatic carbocycles. The maximum Gasteiger partial charge on any atom is 0.303 e. The molecule has 0 spiro atoms. The van der Waals surface area contributed by atoms with E-state index in [1.165, 1.54) is 0 Å². The normalized spacial score (nSPS) is 20.3. The van der Waals surface area contributed by atoms with Crippen molar-refractivity contribution in [2.45, 2.75) is 70.8 Å². The van der Waals surface area contributed by atoms with Gasteiger partial charge in [-0.3, -0.25) is 9.59 Å². The lowest BCUT2D eigenvalue weighted by Crippen LogP contribution is -2.08. The molecular weight excluding hydrogens is 304 g/mol. The van der Waals surface area contributed by atoms with Crippen molar-refractivity contribution in [1.29, 1.82) is 0 Å². The predicted molar refractivity (Wildman–Crippen MR) is 95.7 cm³/mol. The minimum atomic E-state index is -0.768. The van der Waals surface area contributed by atoms with Gasteiger partial charge in [0.25, 0.3) is 0 Å². The van der Waals surface area contributed by atoms with Crippen LogP contribution in [0.3, 0.4) is 0 Å². The van der Waals surface area contributed by atoms with Crippen LogP contribution in [0.4, 0.5) is 0 Å². The summed E-state index contributed by atoms with van der Waals surface area (Å²) >= 11 is 0. The minimum Gasteiger partial charge on any atom is -0.481 e. The molecule has 0 heterocycles. The van der Waals surface area contributed by atoms with Crippen molar-refractivity contribution in [3.05, 3.63) is 36.0 Å². The molecule has 134 valence electrons. The molecule has 1 unspecified atom stereocenters. The average Bonchev–Trinajstić information content (AvgIpc) is 2.89. The first-order valence-corrected chi connectivity index (χ1v) is 9.02. The van der Waals surface area contributed by atoms with E-state index in [2.05, 4.69) is 6.92 Å². The van der Waals surface area contributed by atoms with Gasteiger partial charge in [0.1, 0.15) is 0 Å². The number of aliphatic hydroxyl groups is 1. The lowest BCUT2D eigenvalue weighted by molar-refractivity contribution is -0.137. The first-order chi connectivity index (χ1) is 11.5. The van der Waals surface area contributed by atoms with Crippen molar-refractivity contribution in [1.82, 2.24) is 0 Å². The van der Waals surface area contributed by atoms with E-state index in [0.717, 1.165) is 44.1 Å². The highest BCUT2D eigenvalue weighted by Crippen LogP contribution is 2.26. The number of allylic oxidation sites excluding steroid dienone is 5. The van der Waals surface area contributed by atoms with Gasteiger partial charge in [0.05, 0.1) is 6.10 Å². The molecule has 2 N–H and O–H groups in total. The van der Waals surface area contributed by atoms with Gasteiger partial charge in [0.2, 0.25) is 0 Å². The van der Waals surface area contributed by atoms with Crippen molar-refractivity contribution in [2.75, 3.05) is 0 Å². The van der Waals surface area contributed by atoms with Crippen molar-refractivity contribution >= 4 is 11.8 Å². The number of carbonyl (C=O) groups is 2. The summed E-state index contributed by atoms with van der Waals surface area (Å²) in [5.41, 5.74) is 0.778. The Labute approximate surface area is 145 Å². The highest BCUT2D eigenvalue weighted by atomic mass is 16.4. The molecule has 1 aliphatic carbocycles. The molecular formula is C20H30O4. The van der Waals surface area contributed by atoms with Crippen LogP contribution in [0.25, 0.3) is 0 Å². The zero-order valence-corrected chi connectivity index (χ0v) is 14.6. The Balaban J connectivity index is 2.39. The third-order valence-corrected chi connectivity index (χ3v) is 4.23. The minimum absolute atomic E-state index is 0.0417. The summed E-state index contributed by atoms with van der Waals surface area (Å²) in [6.07, 6.45) is 16.0. The molecule has 0 radical (unpaired) electrons. The number of hydrogen-bond acceptors (Lipinski definition) is 3. The zero-order valence-electron chi connectivity index (χ0n) is 14.6. The molecule has 0 bridgehead atoms. The van der Waals surface area contributed by atoms with Crippen LogP contribution in [-0.2, 0) is 9.59 Å². The van der Waals surface area contributed by atoms with E-state index >= 15 is 0 Å². The number of rotatable bonds is 12. The van der Waals surface area contributed by atoms with Gasteiger partial charge in [0.15, 0.2) is 5.78 Å². The van der Waals surface area contributed by atoms with Gasteiger partial charge in [-0.15, -0.1) is 0 Å². The van der Waals surface area contributed by atoms with Gasteiger partial charge in [-0.1, -0.05) is 50.5 Å². The van der Waals surface area contributed by atoms with Gasteiger partial charge in [-0.25, -0.2) is 0 Å². The summed E-state index contributed by atoms with van der Waals surface area (Å²) in [4.78, 5) is 22.4. The van der Waals surface area contributed by atoms with E-state index in [-0.39, 0.29) is 24.2 Å². The third-order valence-electron chi connectivity index (χ3n) is 4.23. The molecule has 1 rings (SSSR count). The summed E-state index contributed by atoms with van der Waals surface area (Å²) < 4.78 is 0. The van der Waals surface area contributed by atoms with Gasteiger partial charge in [0, 0.05) is 17.9 Å². The summed E-state index contributed by atoms with van der Waals surface area (Å²) in [5, 5.41) is 18.6. The molecule has 0 fully saturated rings. The summed E-state index contributed by atoms with van der Waals surface area (Å²) in [7, 11) is 0. The van der Waals surface area contributed by atoms with Crippen LogP contribution >= 0.6 is 0 Å². The van der Waals surface area contributed by atoms with Crippen molar-refractivity contribution in [2.24, 2.45) is 5.92 Å². The first kappa shape index (κ1) is 20.4. The molecule has 24 heavy (non-hydrogen) atoms. The van der Waals surface area contributed by atoms with Gasteiger partial charge in [-0.05, 0) is 38.2 Å². The second-order valence-electron chi connectivity index (χ2n) is 6.37. The standard InChI is InChI=1S/C20H30O4/c1-2-3-6-10-17(21)13-14-18-16(12-15-19(18)22)9-7-4-5-8-11-20(23)24/h4,7,12,14-17,21H,2-3,5-6,8-11,13H2,1H3,(H,23,24)/b7-4+,18-14+/t16-,17?/m0/s1. The number of carbonyl (C=O) groups excluding carboxylic acids is 1. The van der Waals surface area contributed by atoms with Crippen LogP contribution < -0.4 is 0 Å². The SMILES string of the molecule is CCCCCC(O)C/C=C1/C(=O)C=C[C@@H]1C/C=C/CCCC(=O)O. The Bertz CT molecular complexity index is 488. The molecule has 4 heteroatoms. The van der Waals surface area contributed by atoms with Crippen LogP contribution in [-0.4, -0.2) is 28.1 Å². The quantitative estimate of drug-likeness (QED) is 0.319. The molecule has 0 amide bonds. The molecule has 2 atom stereocenters. The van der Waals surface area contributed by atoms with E-state index in [1.54, 1.807) is 6.08 Å². The van der Waals surface area contributed by atoms with Crippen molar-refractivity contribution in [3.63, 3.8) is 0 Å². The number of ketones is 1. The van der Waals surface area contributed by atoms with Gasteiger partial charge in [-0.2, -0.15) is 0 Å². The molecule has 1 aliphatic rings. The van der Waals surface area contributed by atoms with E-state index in [0.29, 0.717) is 12.8 Å². The number of unbranched alkanes of at least 4 members (excludes halogenated alkanes) is 3. The number of aliphatic carboxylic acids is 1. The number of hydrogen-bond donors (Lipinski definition) is 2. The molecule has 0 aromatic rings. The first-order valence-electron chi connectivity index (χ1n) is 9.02. The largest absolute Gasteiger partial charge is 0.481 e. The highest BCUT2D eigenvalue weighted by Gasteiger charge is 2.21. The van der Waals surface area contributed by atoms with E-state index in [1.807, 2.05) is 24.3 Å². The maximum atomic E-state index is 11.9. The average molecular weight is 334 g/mol. The van der Waals surface area contributed by atoms with Crippen molar-refractivity contribution < 1.29 is 19.8 Å². The second-order valence-corrected chi connectivity index (χ2v) is 6.37. The van der Waals surface area contributed by atoms with E-state index in [9.17, 15) is 14.7 Å². The smallest absolute Gasteiger partial charge is 0.303 e. The molecule has 0 aliphatic heterocycles. The van der Waals surface area contributed by atoms with E-state index < -0.39 is 5.97 Å². The van der Waals surface area contributed by atoms with Crippen LogP contribution in [0.15, 0.2) is 36.0 Å². The van der Waals surface area contributed by atoms with E-state index in [4.69, 9.17) is 5.11 Å². The number of aliphatic hydroxyl groups excluding tert-OH is 1. The lowest BCUT2D eigenvalue weighted by atomic mass is 9.95. The number of carboxylic acids is 1. The third kappa shape index (κ3) is 8.25. The highest BCUT2D eigenvalue weighted by molar-refractivity contribution is 6.07. The van der Waals surface area contributed by atoms with Crippen LogP contribution in [0, 0.1) is 5.92 Å². The lowest BCUT2D eigenvalue weighted by Gasteiger charge is -2.11. The van der Waals surface area contributed by atoms with Gasteiger partial charge < -0.3 is 10.2 Å². The zero-order chi connectivity index (χ0) is 17.8. The Hall–Kier alpha value is -1.68. The fourth-order valence-electron chi connectivity index (χ4n) is 2.79. The monoisotopic (exact) mass is 334 g/mol. The molecule has 0 aromatic heterocycles. The Morgan fingerprint density at radius 1 is 1.29 bits per heavy atom. The molecule has 0 saturated heterocycles. The van der Waals surface area contributed by atoms with Crippen LogP contribution in [0.2, 0.25) is 0 Å². The fourth-order valence-corrected chi connectivity index (χ4v) is 2.79. The maximum absolute atomic E-state index is 11.9. The van der Waals surface area contributed by atoms with Crippen LogP contribution in [0.1, 0.15) is 64.7 Å². The number of carboxylic acid groups (broad SMARTS) is 1.